The quantitative estimate of drug-likeness (QED) is 0.450. The fourth-order valence-electron chi connectivity index (χ4n) is 2.99. The molecule has 1 heterocycles. The van der Waals surface area contributed by atoms with Crippen LogP contribution in [-0.2, 0) is 16.0 Å². The molecule has 1 aromatic rings. The topological polar surface area (TPSA) is 72.8 Å². The molecular formula is C18H25BO5. The molecule has 1 aliphatic rings. The first kappa shape index (κ1) is 18.5. The zero-order valence-electron chi connectivity index (χ0n) is 14.4. The van der Waals surface area contributed by atoms with Crippen LogP contribution in [0.15, 0.2) is 18.2 Å². The van der Waals surface area contributed by atoms with Crippen molar-refractivity contribution in [2.75, 3.05) is 6.61 Å². The fourth-order valence-corrected chi connectivity index (χ4v) is 2.99. The van der Waals surface area contributed by atoms with Crippen molar-refractivity contribution in [1.29, 1.82) is 0 Å². The minimum Gasteiger partial charge on any atom is -0.535 e. The molecule has 0 bridgehead atoms. The van der Waals surface area contributed by atoms with E-state index in [-0.39, 0.29) is 18.2 Å². The van der Waals surface area contributed by atoms with Gasteiger partial charge >= 0.3 is 13.1 Å². The van der Waals surface area contributed by atoms with E-state index in [4.69, 9.17) is 9.39 Å². The summed E-state index contributed by atoms with van der Waals surface area (Å²) in [5.74, 6) is -0.209. The smallest absolute Gasteiger partial charge is 0.526 e. The molecule has 5 nitrogen and oxygen atoms in total. The predicted molar refractivity (Wildman–Crippen MR) is 92.2 cm³/mol. The second-order valence-corrected chi connectivity index (χ2v) is 6.19. The number of rotatable bonds is 8. The van der Waals surface area contributed by atoms with Gasteiger partial charge in [0.2, 0.25) is 0 Å². The third-order valence-corrected chi connectivity index (χ3v) is 4.26. The molecule has 0 amide bonds. The molecule has 0 fully saturated rings. The summed E-state index contributed by atoms with van der Waals surface area (Å²) in [6.07, 6.45) is 4.38. The minimum atomic E-state index is -1.08. The summed E-state index contributed by atoms with van der Waals surface area (Å²) in [5.41, 5.74) is 1.15. The third-order valence-electron chi connectivity index (χ3n) is 4.26. The largest absolute Gasteiger partial charge is 0.535 e. The van der Waals surface area contributed by atoms with Gasteiger partial charge < -0.3 is 14.4 Å². The standard InChI is InChI=1S/C18H25BO5/c1-3-5-6-9-15(20)12-14-11-13-8-7-10-16(18(21)23-4-2)17(13)24-19(14)22/h7-8,10,14,22H,3-6,9,11-12H2,1-2H3/t14-/m1/s1. The Balaban J connectivity index is 2.06. The zero-order chi connectivity index (χ0) is 17.5. The van der Waals surface area contributed by atoms with Crippen LogP contribution in [0.3, 0.4) is 0 Å². The van der Waals surface area contributed by atoms with Crippen molar-refractivity contribution in [3.05, 3.63) is 29.3 Å². The van der Waals surface area contributed by atoms with E-state index in [0.717, 1.165) is 24.8 Å². The van der Waals surface area contributed by atoms with Gasteiger partial charge in [0.1, 0.15) is 17.1 Å². The highest BCUT2D eigenvalue weighted by molar-refractivity contribution is 6.47. The highest BCUT2D eigenvalue weighted by Crippen LogP contribution is 2.36. The van der Waals surface area contributed by atoms with E-state index < -0.39 is 13.1 Å². The van der Waals surface area contributed by atoms with Crippen molar-refractivity contribution >= 4 is 18.9 Å². The molecule has 0 unspecified atom stereocenters. The summed E-state index contributed by atoms with van der Waals surface area (Å²) in [7, 11) is -1.08. The molecular weight excluding hydrogens is 307 g/mol. The van der Waals surface area contributed by atoms with Gasteiger partial charge in [-0.3, -0.25) is 4.79 Å². The molecule has 0 aliphatic carbocycles. The van der Waals surface area contributed by atoms with Gasteiger partial charge in [-0.15, -0.1) is 0 Å². The van der Waals surface area contributed by atoms with E-state index in [2.05, 4.69) is 6.92 Å². The van der Waals surface area contributed by atoms with Crippen LogP contribution < -0.4 is 4.65 Å². The lowest BCUT2D eigenvalue weighted by Gasteiger charge is -2.28. The number of unbranched alkanes of at least 4 members (excludes halogenated alkanes) is 2. The number of carbonyl (C=O) groups is 2. The molecule has 24 heavy (non-hydrogen) atoms. The van der Waals surface area contributed by atoms with Gasteiger partial charge in [0.05, 0.1) is 6.61 Å². The van der Waals surface area contributed by atoms with E-state index >= 15 is 0 Å². The van der Waals surface area contributed by atoms with Crippen LogP contribution in [0.2, 0.25) is 5.82 Å². The number of ketones is 1. The number of esters is 1. The Morgan fingerprint density at radius 2 is 2.12 bits per heavy atom. The van der Waals surface area contributed by atoms with Crippen molar-refractivity contribution in [1.82, 2.24) is 0 Å². The molecule has 0 saturated heterocycles. The van der Waals surface area contributed by atoms with Crippen LogP contribution in [-0.4, -0.2) is 30.5 Å². The Hall–Kier alpha value is -1.82. The number of hydrogen-bond acceptors (Lipinski definition) is 5. The van der Waals surface area contributed by atoms with Gasteiger partial charge in [-0.2, -0.15) is 0 Å². The fraction of sp³-hybridized carbons (Fsp3) is 0.556. The number of Topliss-reactive ketones (excluding diaryl/α,β-unsaturated/α-hetero) is 1. The lowest BCUT2D eigenvalue weighted by molar-refractivity contribution is -0.119. The van der Waals surface area contributed by atoms with Gasteiger partial charge in [-0.25, -0.2) is 4.79 Å². The highest BCUT2D eigenvalue weighted by Gasteiger charge is 2.37. The summed E-state index contributed by atoms with van der Waals surface area (Å²) < 4.78 is 10.6. The van der Waals surface area contributed by atoms with Gasteiger partial charge in [-0.05, 0) is 31.4 Å². The van der Waals surface area contributed by atoms with E-state index in [0.29, 0.717) is 30.6 Å². The lowest BCUT2D eigenvalue weighted by Crippen LogP contribution is -2.35. The zero-order valence-corrected chi connectivity index (χ0v) is 14.4. The highest BCUT2D eigenvalue weighted by atomic mass is 16.5. The van der Waals surface area contributed by atoms with Crippen LogP contribution >= 0.6 is 0 Å². The monoisotopic (exact) mass is 332 g/mol. The molecule has 2 rings (SSSR count). The summed E-state index contributed by atoms with van der Waals surface area (Å²) in [4.78, 5) is 24.1. The normalized spacial score (nSPS) is 16.3. The first-order valence-electron chi connectivity index (χ1n) is 8.72. The Labute approximate surface area is 143 Å². The van der Waals surface area contributed by atoms with E-state index in [9.17, 15) is 14.6 Å². The number of carbonyl (C=O) groups excluding carboxylic acids is 2. The summed E-state index contributed by atoms with van der Waals surface area (Å²) in [6, 6.07) is 5.25. The second kappa shape index (κ2) is 8.88. The maximum atomic E-state index is 12.1. The first-order valence-corrected chi connectivity index (χ1v) is 8.72. The maximum Gasteiger partial charge on any atom is 0.526 e. The van der Waals surface area contributed by atoms with Gasteiger partial charge in [0.25, 0.3) is 0 Å². The Morgan fingerprint density at radius 1 is 1.33 bits per heavy atom. The molecule has 0 spiro atoms. The Kier molecular flexibility index (Phi) is 6.85. The van der Waals surface area contributed by atoms with Crippen molar-refractivity contribution in [2.24, 2.45) is 0 Å². The predicted octanol–water partition coefficient (Wildman–Crippen LogP) is 3.19. The van der Waals surface area contributed by atoms with Crippen LogP contribution in [0.5, 0.6) is 5.75 Å². The van der Waals surface area contributed by atoms with Gasteiger partial charge in [-0.1, -0.05) is 31.9 Å². The SMILES string of the molecule is CCCCCC(=O)C[C@H]1Cc2cccc(C(=O)OCC)c2OB1O. The van der Waals surface area contributed by atoms with Crippen molar-refractivity contribution in [3.63, 3.8) is 0 Å². The summed E-state index contributed by atoms with van der Waals surface area (Å²) >= 11 is 0. The maximum absolute atomic E-state index is 12.1. The molecule has 6 heteroatoms. The average molecular weight is 332 g/mol. The van der Waals surface area contributed by atoms with Gasteiger partial charge in [0, 0.05) is 18.7 Å². The Morgan fingerprint density at radius 3 is 2.83 bits per heavy atom. The molecule has 1 aromatic carbocycles. The van der Waals surface area contributed by atoms with Crippen LogP contribution in [0, 0.1) is 0 Å². The van der Waals surface area contributed by atoms with Crippen LogP contribution in [0.1, 0.15) is 61.9 Å². The van der Waals surface area contributed by atoms with Crippen molar-refractivity contribution < 1.29 is 24.0 Å². The second-order valence-electron chi connectivity index (χ2n) is 6.19. The Bertz CT molecular complexity index is 587. The van der Waals surface area contributed by atoms with Crippen molar-refractivity contribution in [2.45, 2.75) is 58.2 Å². The first-order chi connectivity index (χ1) is 11.6. The molecule has 130 valence electrons. The number of benzene rings is 1. The molecule has 0 saturated carbocycles. The van der Waals surface area contributed by atoms with Gasteiger partial charge in [0.15, 0.2) is 0 Å². The molecule has 1 atom stereocenters. The summed E-state index contributed by atoms with van der Waals surface area (Å²) in [6.45, 7) is 4.12. The molecule has 1 N–H and O–H groups in total. The number of para-hydroxylation sites is 1. The van der Waals surface area contributed by atoms with Crippen LogP contribution in [0.4, 0.5) is 0 Å². The lowest BCUT2D eigenvalue weighted by atomic mass is 9.64. The van der Waals surface area contributed by atoms with E-state index in [1.165, 1.54) is 0 Å². The minimum absolute atomic E-state index is 0.154. The van der Waals surface area contributed by atoms with E-state index in [1.54, 1.807) is 19.1 Å². The third kappa shape index (κ3) is 4.60. The summed E-state index contributed by atoms with van der Waals surface area (Å²) in [5, 5.41) is 10.2. The number of fused-ring (bicyclic) bond motifs is 1. The molecule has 0 radical (unpaired) electrons. The van der Waals surface area contributed by atoms with Crippen molar-refractivity contribution in [3.8, 4) is 5.75 Å². The van der Waals surface area contributed by atoms with Crippen LogP contribution in [0.25, 0.3) is 0 Å². The average Bonchev–Trinajstić information content (AvgIpc) is 2.55. The molecule has 0 aromatic heterocycles. The number of ether oxygens (including phenoxy) is 1. The van der Waals surface area contributed by atoms with E-state index in [1.807, 2.05) is 6.07 Å². The number of hydrogen-bond donors (Lipinski definition) is 1. The molecule has 1 aliphatic heterocycles.